The van der Waals surface area contributed by atoms with E-state index < -0.39 is 0 Å². The molecule has 1 aromatic heterocycles. The van der Waals surface area contributed by atoms with Crippen LogP contribution in [0.25, 0.3) is 10.9 Å². The highest BCUT2D eigenvalue weighted by Gasteiger charge is 2.03. The summed E-state index contributed by atoms with van der Waals surface area (Å²) in [4.78, 5) is 15.6. The van der Waals surface area contributed by atoms with Crippen molar-refractivity contribution >= 4 is 22.6 Å². The number of hydrogen-bond acceptors (Lipinski definition) is 4. The quantitative estimate of drug-likeness (QED) is 0.821. The van der Waals surface area contributed by atoms with Gasteiger partial charge in [-0.05, 0) is 19.1 Å². The topological polar surface area (TPSA) is 51.2 Å². The lowest BCUT2D eigenvalue weighted by Gasteiger charge is -2.08. The number of carbonyl (C=O) groups is 1. The fraction of sp³-hybridized carbons (Fsp3) is 0.286. The Morgan fingerprint density at radius 1 is 1.33 bits per heavy atom. The summed E-state index contributed by atoms with van der Waals surface area (Å²) in [5.74, 6) is -0.182. The van der Waals surface area contributed by atoms with Crippen LogP contribution in [0.4, 0.5) is 5.69 Å². The summed E-state index contributed by atoms with van der Waals surface area (Å²) in [7, 11) is 0. The Balaban J connectivity index is 2.01. The van der Waals surface area contributed by atoms with E-state index in [0.29, 0.717) is 19.6 Å². The molecule has 4 heteroatoms. The molecule has 0 atom stereocenters. The van der Waals surface area contributed by atoms with Crippen molar-refractivity contribution in [1.29, 1.82) is 0 Å². The highest BCUT2D eigenvalue weighted by atomic mass is 16.5. The monoisotopic (exact) mass is 244 g/mol. The maximum absolute atomic E-state index is 11.2. The molecule has 2 aromatic rings. The molecule has 0 unspecified atom stereocenters. The van der Waals surface area contributed by atoms with E-state index in [4.69, 9.17) is 4.74 Å². The molecule has 18 heavy (non-hydrogen) atoms. The molecule has 0 saturated heterocycles. The summed E-state index contributed by atoms with van der Waals surface area (Å²) in [6, 6.07) is 9.86. The molecular formula is C14H16N2O2. The lowest BCUT2D eigenvalue weighted by atomic mass is 10.2. The Morgan fingerprint density at radius 2 is 2.17 bits per heavy atom. The Morgan fingerprint density at radius 3 is 3.00 bits per heavy atom. The maximum Gasteiger partial charge on any atom is 0.307 e. The minimum absolute atomic E-state index is 0.182. The molecule has 4 nitrogen and oxygen atoms in total. The summed E-state index contributed by atoms with van der Waals surface area (Å²) in [5, 5.41) is 4.30. The van der Waals surface area contributed by atoms with Gasteiger partial charge in [-0.15, -0.1) is 0 Å². The Bertz CT molecular complexity index is 535. The Labute approximate surface area is 106 Å². The van der Waals surface area contributed by atoms with Gasteiger partial charge < -0.3 is 10.1 Å². The van der Waals surface area contributed by atoms with Crippen LogP contribution in [-0.2, 0) is 9.53 Å². The fourth-order valence-corrected chi connectivity index (χ4v) is 1.78. The van der Waals surface area contributed by atoms with E-state index in [1.807, 2.05) is 30.3 Å². The first kappa shape index (κ1) is 12.4. The third-order valence-electron chi connectivity index (χ3n) is 2.58. The standard InChI is InChI=1S/C14H16N2O2/c1-2-18-13(17)8-10-15-12-7-3-5-11-6-4-9-16-14(11)12/h3-7,9,15H,2,8,10H2,1H3. The van der Waals surface area contributed by atoms with Crippen molar-refractivity contribution in [3.05, 3.63) is 36.5 Å². The first-order chi connectivity index (χ1) is 8.81. The fourth-order valence-electron chi connectivity index (χ4n) is 1.78. The molecule has 0 fully saturated rings. The van der Waals surface area contributed by atoms with Crippen molar-refractivity contribution in [2.24, 2.45) is 0 Å². The molecule has 0 aliphatic carbocycles. The number of rotatable bonds is 5. The van der Waals surface area contributed by atoms with Gasteiger partial charge in [-0.25, -0.2) is 0 Å². The number of esters is 1. The van der Waals surface area contributed by atoms with Gasteiger partial charge in [-0.1, -0.05) is 18.2 Å². The number of benzene rings is 1. The van der Waals surface area contributed by atoms with E-state index in [1.54, 1.807) is 13.1 Å². The summed E-state index contributed by atoms with van der Waals surface area (Å²) < 4.78 is 4.87. The third kappa shape index (κ3) is 2.97. The summed E-state index contributed by atoms with van der Waals surface area (Å²) in [5.41, 5.74) is 1.86. The van der Waals surface area contributed by atoms with E-state index in [9.17, 15) is 4.79 Å². The van der Waals surface area contributed by atoms with Crippen LogP contribution in [0.1, 0.15) is 13.3 Å². The second-order valence-corrected chi connectivity index (χ2v) is 3.86. The number of fused-ring (bicyclic) bond motifs is 1. The van der Waals surface area contributed by atoms with Crippen LogP contribution < -0.4 is 5.32 Å². The zero-order chi connectivity index (χ0) is 12.8. The smallest absolute Gasteiger partial charge is 0.307 e. The Kier molecular flexibility index (Phi) is 4.12. The van der Waals surface area contributed by atoms with Crippen molar-refractivity contribution in [1.82, 2.24) is 4.98 Å². The van der Waals surface area contributed by atoms with Crippen molar-refractivity contribution in [2.45, 2.75) is 13.3 Å². The third-order valence-corrected chi connectivity index (χ3v) is 2.58. The van der Waals surface area contributed by atoms with Crippen molar-refractivity contribution in [3.63, 3.8) is 0 Å². The largest absolute Gasteiger partial charge is 0.466 e. The second-order valence-electron chi connectivity index (χ2n) is 3.86. The minimum Gasteiger partial charge on any atom is -0.466 e. The van der Waals surface area contributed by atoms with Crippen LogP contribution in [0.15, 0.2) is 36.5 Å². The van der Waals surface area contributed by atoms with Gasteiger partial charge in [0.1, 0.15) is 0 Å². The van der Waals surface area contributed by atoms with Gasteiger partial charge in [0, 0.05) is 18.1 Å². The molecule has 0 spiro atoms. The zero-order valence-corrected chi connectivity index (χ0v) is 10.3. The number of carbonyl (C=O) groups excluding carboxylic acids is 1. The minimum atomic E-state index is -0.182. The van der Waals surface area contributed by atoms with E-state index in [1.165, 1.54) is 0 Å². The predicted octanol–water partition coefficient (Wildman–Crippen LogP) is 2.60. The van der Waals surface area contributed by atoms with Crippen LogP contribution >= 0.6 is 0 Å². The molecule has 1 aromatic carbocycles. The highest BCUT2D eigenvalue weighted by Crippen LogP contribution is 2.20. The predicted molar refractivity (Wildman–Crippen MR) is 71.5 cm³/mol. The van der Waals surface area contributed by atoms with Gasteiger partial charge in [0.15, 0.2) is 0 Å². The number of anilines is 1. The summed E-state index contributed by atoms with van der Waals surface area (Å²) in [6.45, 7) is 2.78. The van der Waals surface area contributed by atoms with Crippen LogP contribution in [0.5, 0.6) is 0 Å². The van der Waals surface area contributed by atoms with Crippen LogP contribution in [0.2, 0.25) is 0 Å². The number of pyridine rings is 1. The van der Waals surface area contributed by atoms with Gasteiger partial charge in [-0.3, -0.25) is 9.78 Å². The van der Waals surface area contributed by atoms with Crippen molar-refractivity contribution in [2.75, 3.05) is 18.5 Å². The second kappa shape index (κ2) is 6.00. The van der Waals surface area contributed by atoms with Crippen LogP contribution in [0.3, 0.4) is 0 Å². The molecule has 0 aliphatic heterocycles. The van der Waals surface area contributed by atoms with Gasteiger partial charge in [-0.2, -0.15) is 0 Å². The molecule has 94 valence electrons. The number of nitrogens with one attached hydrogen (secondary N) is 1. The van der Waals surface area contributed by atoms with E-state index >= 15 is 0 Å². The number of ether oxygens (including phenoxy) is 1. The van der Waals surface area contributed by atoms with Gasteiger partial charge in [0.05, 0.1) is 24.2 Å². The summed E-state index contributed by atoms with van der Waals surface area (Å²) in [6.07, 6.45) is 2.12. The average molecular weight is 244 g/mol. The number of aromatic nitrogens is 1. The normalized spacial score (nSPS) is 10.3. The number of nitrogens with zero attached hydrogens (tertiary/aromatic N) is 1. The van der Waals surface area contributed by atoms with Gasteiger partial charge in [0.25, 0.3) is 0 Å². The molecule has 0 radical (unpaired) electrons. The average Bonchev–Trinajstić information content (AvgIpc) is 2.39. The number of para-hydroxylation sites is 1. The van der Waals surface area contributed by atoms with Gasteiger partial charge in [0.2, 0.25) is 0 Å². The molecule has 2 rings (SSSR count). The number of hydrogen-bond donors (Lipinski definition) is 1. The molecule has 0 amide bonds. The lowest BCUT2D eigenvalue weighted by Crippen LogP contribution is -2.11. The highest BCUT2D eigenvalue weighted by molar-refractivity contribution is 5.90. The van der Waals surface area contributed by atoms with Gasteiger partial charge >= 0.3 is 5.97 Å². The van der Waals surface area contributed by atoms with E-state index in [2.05, 4.69) is 10.3 Å². The van der Waals surface area contributed by atoms with Crippen LogP contribution in [-0.4, -0.2) is 24.1 Å². The first-order valence-electron chi connectivity index (χ1n) is 6.04. The lowest BCUT2D eigenvalue weighted by molar-refractivity contribution is -0.142. The van der Waals surface area contributed by atoms with E-state index in [0.717, 1.165) is 16.6 Å². The van der Waals surface area contributed by atoms with Crippen molar-refractivity contribution < 1.29 is 9.53 Å². The molecular weight excluding hydrogens is 228 g/mol. The van der Waals surface area contributed by atoms with Crippen molar-refractivity contribution in [3.8, 4) is 0 Å². The SMILES string of the molecule is CCOC(=O)CCNc1cccc2cccnc12. The zero-order valence-electron chi connectivity index (χ0n) is 10.3. The molecule has 0 bridgehead atoms. The molecule has 0 saturated carbocycles. The summed E-state index contributed by atoms with van der Waals surface area (Å²) >= 11 is 0. The first-order valence-corrected chi connectivity index (χ1v) is 6.04. The van der Waals surface area contributed by atoms with E-state index in [-0.39, 0.29) is 5.97 Å². The maximum atomic E-state index is 11.2. The molecule has 1 N–H and O–H groups in total. The molecule has 0 aliphatic rings. The van der Waals surface area contributed by atoms with Crippen LogP contribution in [0, 0.1) is 0 Å². The Hall–Kier alpha value is -2.10. The molecule has 1 heterocycles.